The minimum absolute atomic E-state index is 0.210. The zero-order chi connectivity index (χ0) is 10.9. The van der Waals surface area contributed by atoms with E-state index in [0.717, 1.165) is 0 Å². The number of β-lactam (4-membered cyclic amide) rings is 1. The lowest BCUT2D eigenvalue weighted by Crippen LogP contribution is -2.63. The first-order valence-corrected chi connectivity index (χ1v) is 5.51. The van der Waals surface area contributed by atoms with Crippen molar-refractivity contribution in [3.63, 3.8) is 0 Å². The molecule has 1 amide bonds. The molecule has 1 fully saturated rings. The number of likely N-dealkylation sites (tertiary alicyclic amines) is 1. The normalized spacial score (nSPS) is 28.5. The molecule has 1 rings (SSSR count). The average Bonchev–Trinajstić information content (AvgIpc) is 2.08. The molecule has 0 aromatic heterocycles. The summed E-state index contributed by atoms with van der Waals surface area (Å²) in [5, 5.41) is 17.6. The summed E-state index contributed by atoms with van der Waals surface area (Å²) in [5.74, 6) is -1.76. The Labute approximate surface area is 86.1 Å². The molecule has 14 heavy (non-hydrogen) atoms. The van der Waals surface area contributed by atoms with E-state index in [2.05, 4.69) is 0 Å². The molecule has 1 heterocycles. The van der Waals surface area contributed by atoms with Gasteiger partial charge in [0.05, 0.1) is 17.4 Å². The van der Waals surface area contributed by atoms with Crippen LogP contribution in [-0.4, -0.2) is 51.3 Å². The molecule has 1 saturated heterocycles. The van der Waals surface area contributed by atoms with Gasteiger partial charge in [-0.25, -0.2) is 0 Å². The smallest absolute Gasteiger partial charge is 0.323 e. The molecule has 1 aliphatic rings. The average molecular weight is 219 g/mol. The van der Waals surface area contributed by atoms with E-state index >= 15 is 0 Å². The molecule has 0 unspecified atom stereocenters. The Morgan fingerprint density at radius 1 is 1.71 bits per heavy atom. The Kier molecular flexibility index (Phi) is 3.38. The Morgan fingerprint density at radius 2 is 2.29 bits per heavy atom. The molecule has 3 atom stereocenters. The van der Waals surface area contributed by atoms with E-state index in [1.807, 2.05) is 0 Å². The number of aliphatic hydroxyl groups excluding tert-OH is 1. The van der Waals surface area contributed by atoms with Gasteiger partial charge in [0, 0.05) is 0 Å². The zero-order valence-electron chi connectivity index (χ0n) is 8.01. The predicted octanol–water partition coefficient (Wildman–Crippen LogP) is -0.401. The standard InChI is InChI=1S/C8H13NO4S/c1-4(10)6-7(13)9(3-5(11)12)8(6)14-2/h4,6,8,10H,3H2,1-2H3,(H,11,12)/t4-,6+,8-/m1/s1. The van der Waals surface area contributed by atoms with Crippen LogP contribution in [0, 0.1) is 5.92 Å². The molecule has 6 heteroatoms. The maximum Gasteiger partial charge on any atom is 0.323 e. The first-order chi connectivity index (χ1) is 6.49. The van der Waals surface area contributed by atoms with Gasteiger partial charge in [0.15, 0.2) is 0 Å². The fourth-order valence-corrected chi connectivity index (χ4v) is 2.65. The first-order valence-electron chi connectivity index (χ1n) is 4.22. The number of rotatable bonds is 4. The maximum atomic E-state index is 11.4. The largest absolute Gasteiger partial charge is 0.480 e. The van der Waals surface area contributed by atoms with Gasteiger partial charge >= 0.3 is 5.97 Å². The van der Waals surface area contributed by atoms with Crippen molar-refractivity contribution in [3.05, 3.63) is 0 Å². The SMILES string of the molecule is CS[C@@H]1[C@@H]([C@@H](C)O)C(=O)N1CC(=O)O. The summed E-state index contributed by atoms with van der Waals surface area (Å²) in [7, 11) is 0. The van der Waals surface area contributed by atoms with E-state index in [0.29, 0.717) is 0 Å². The first kappa shape index (κ1) is 11.3. The van der Waals surface area contributed by atoms with Crippen LogP contribution in [-0.2, 0) is 9.59 Å². The van der Waals surface area contributed by atoms with Gasteiger partial charge in [0.1, 0.15) is 6.54 Å². The number of hydrogen-bond donors (Lipinski definition) is 2. The predicted molar refractivity (Wildman–Crippen MR) is 51.8 cm³/mol. The summed E-state index contributed by atoms with van der Waals surface area (Å²) >= 11 is 1.38. The minimum atomic E-state index is -1.03. The van der Waals surface area contributed by atoms with Crippen LogP contribution in [0.5, 0.6) is 0 Å². The van der Waals surface area contributed by atoms with Crippen LogP contribution in [0.15, 0.2) is 0 Å². The second-order valence-electron chi connectivity index (χ2n) is 3.25. The van der Waals surface area contributed by atoms with Crippen LogP contribution in [0.25, 0.3) is 0 Å². The highest BCUT2D eigenvalue weighted by atomic mass is 32.2. The van der Waals surface area contributed by atoms with E-state index in [4.69, 9.17) is 5.11 Å². The molecule has 0 bridgehead atoms. The van der Waals surface area contributed by atoms with Crippen LogP contribution >= 0.6 is 11.8 Å². The van der Waals surface area contributed by atoms with Crippen LogP contribution in [0.1, 0.15) is 6.92 Å². The lowest BCUT2D eigenvalue weighted by atomic mass is 9.93. The highest BCUT2D eigenvalue weighted by Gasteiger charge is 2.49. The number of carboxylic acids is 1. The second kappa shape index (κ2) is 4.18. The van der Waals surface area contributed by atoms with Crippen molar-refractivity contribution >= 4 is 23.6 Å². The lowest BCUT2D eigenvalue weighted by molar-refractivity contribution is -0.162. The van der Waals surface area contributed by atoms with Crippen LogP contribution in [0.2, 0.25) is 0 Å². The second-order valence-corrected chi connectivity index (χ2v) is 4.21. The van der Waals surface area contributed by atoms with Crippen LogP contribution < -0.4 is 0 Å². The molecule has 5 nitrogen and oxygen atoms in total. The number of aliphatic carboxylic acids is 1. The molecule has 2 N–H and O–H groups in total. The molecular weight excluding hydrogens is 206 g/mol. The third-order valence-corrected chi connectivity index (χ3v) is 3.28. The highest BCUT2D eigenvalue weighted by Crippen LogP contribution is 2.35. The molecular formula is C8H13NO4S. The number of aliphatic hydroxyl groups is 1. The van der Waals surface area contributed by atoms with Crippen molar-refractivity contribution in [1.29, 1.82) is 0 Å². The van der Waals surface area contributed by atoms with Crippen molar-refractivity contribution in [2.45, 2.75) is 18.4 Å². The summed E-state index contributed by atoms with van der Waals surface area (Å²) in [6.07, 6.45) is 1.08. The molecule has 0 spiro atoms. The van der Waals surface area contributed by atoms with Gasteiger partial charge in [-0.3, -0.25) is 9.59 Å². The fraction of sp³-hybridized carbons (Fsp3) is 0.750. The van der Waals surface area contributed by atoms with Crippen molar-refractivity contribution in [2.24, 2.45) is 5.92 Å². The van der Waals surface area contributed by atoms with Gasteiger partial charge in [-0.2, -0.15) is 0 Å². The van der Waals surface area contributed by atoms with E-state index in [-0.39, 0.29) is 17.8 Å². The number of carbonyl (C=O) groups is 2. The van der Waals surface area contributed by atoms with Crippen molar-refractivity contribution in [3.8, 4) is 0 Å². The number of thioether (sulfide) groups is 1. The highest BCUT2D eigenvalue weighted by molar-refractivity contribution is 7.99. The number of amides is 1. The molecule has 0 aliphatic carbocycles. The quantitative estimate of drug-likeness (QED) is 0.629. The van der Waals surface area contributed by atoms with Gasteiger partial charge in [0.25, 0.3) is 0 Å². The van der Waals surface area contributed by atoms with E-state index in [1.165, 1.54) is 16.7 Å². The molecule has 1 aliphatic heterocycles. The Bertz CT molecular complexity index is 256. The van der Waals surface area contributed by atoms with Crippen molar-refractivity contribution < 1.29 is 19.8 Å². The summed E-state index contributed by atoms with van der Waals surface area (Å²) in [5.41, 5.74) is 0. The molecule has 0 saturated carbocycles. The van der Waals surface area contributed by atoms with E-state index < -0.39 is 18.0 Å². The Morgan fingerprint density at radius 3 is 2.64 bits per heavy atom. The third kappa shape index (κ3) is 1.85. The molecule has 0 radical (unpaired) electrons. The van der Waals surface area contributed by atoms with Crippen LogP contribution in [0.3, 0.4) is 0 Å². The van der Waals surface area contributed by atoms with Gasteiger partial charge < -0.3 is 15.1 Å². The van der Waals surface area contributed by atoms with Gasteiger partial charge in [-0.15, -0.1) is 11.8 Å². The molecule has 0 aromatic rings. The summed E-state index contributed by atoms with van der Waals surface area (Å²) in [4.78, 5) is 23.1. The third-order valence-electron chi connectivity index (χ3n) is 2.25. The number of carboxylic acid groups (broad SMARTS) is 1. The molecule has 80 valence electrons. The van der Waals surface area contributed by atoms with Crippen molar-refractivity contribution in [1.82, 2.24) is 4.90 Å². The van der Waals surface area contributed by atoms with E-state index in [9.17, 15) is 14.7 Å². The van der Waals surface area contributed by atoms with Gasteiger partial charge in [0.2, 0.25) is 5.91 Å². The zero-order valence-corrected chi connectivity index (χ0v) is 8.82. The Hall–Kier alpha value is -0.750. The Balaban J connectivity index is 2.64. The summed E-state index contributed by atoms with van der Waals surface area (Å²) in [6, 6.07) is 0. The minimum Gasteiger partial charge on any atom is -0.480 e. The topological polar surface area (TPSA) is 77.8 Å². The van der Waals surface area contributed by atoms with Gasteiger partial charge in [-0.1, -0.05) is 0 Å². The number of hydrogen-bond acceptors (Lipinski definition) is 4. The van der Waals surface area contributed by atoms with Gasteiger partial charge in [-0.05, 0) is 13.2 Å². The van der Waals surface area contributed by atoms with E-state index in [1.54, 1.807) is 13.2 Å². The number of nitrogens with zero attached hydrogens (tertiary/aromatic N) is 1. The van der Waals surface area contributed by atoms with Crippen LogP contribution in [0.4, 0.5) is 0 Å². The number of carbonyl (C=O) groups excluding carboxylic acids is 1. The van der Waals surface area contributed by atoms with Crippen molar-refractivity contribution in [2.75, 3.05) is 12.8 Å². The fourth-order valence-electron chi connectivity index (χ4n) is 1.58. The monoisotopic (exact) mass is 219 g/mol. The molecule has 0 aromatic carbocycles. The lowest BCUT2D eigenvalue weighted by Gasteiger charge is -2.46. The summed E-state index contributed by atoms with van der Waals surface area (Å²) < 4.78 is 0. The maximum absolute atomic E-state index is 11.4. The summed E-state index contributed by atoms with van der Waals surface area (Å²) in [6.45, 7) is 1.26.